The Morgan fingerprint density at radius 3 is 3.06 bits per heavy atom. The molecule has 88 valence electrons. The summed E-state index contributed by atoms with van der Waals surface area (Å²) in [7, 11) is 0. The molecule has 16 heavy (non-hydrogen) atoms. The molecular formula is C12H16ClNO2. The van der Waals surface area contributed by atoms with Crippen LogP contribution in [0.5, 0.6) is 5.75 Å². The van der Waals surface area contributed by atoms with E-state index in [9.17, 15) is 0 Å². The minimum atomic E-state index is 0.399. The van der Waals surface area contributed by atoms with E-state index < -0.39 is 0 Å². The predicted molar refractivity (Wildman–Crippen MR) is 64.2 cm³/mol. The summed E-state index contributed by atoms with van der Waals surface area (Å²) in [6.45, 7) is 3.16. The lowest BCUT2D eigenvalue weighted by atomic mass is 10.2. The van der Waals surface area contributed by atoms with E-state index in [1.54, 1.807) is 0 Å². The first-order valence-corrected chi connectivity index (χ1v) is 5.92. The van der Waals surface area contributed by atoms with E-state index in [0.29, 0.717) is 17.7 Å². The molecule has 1 aliphatic rings. The second-order valence-electron chi connectivity index (χ2n) is 3.79. The Hall–Kier alpha value is -0.770. The van der Waals surface area contributed by atoms with Crippen LogP contribution in [0.3, 0.4) is 0 Å². The van der Waals surface area contributed by atoms with Gasteiger partial charge in [0.05, 0.1) is 24.8 Å². The normalized spacial score (nSPS) is 20.7. The van der Waals surface area contributed by atoms with Crippen LogP contribution < -0.4 is 10.1 Å². The lowest BCUT2D eigenvalue weighted by Crippen LogP contribution is -2.41. The minimum Gasteiger partial charge on any atom is -0.492 e. The third kappa shape index (κ3) is 3.37. The zero-order valence-electron chi connectivity index (χ0n) is 9.12. The van der Waals surface area contributed by atoms with Gasteiger partial charge >= 0.3 is 0 Å². The molecule has 1 heterocycles. The number of morpholine rings is 1. The van der Waals surface area contributed by atoms with Crippen LogP contribution in [0, 0.1) is 0 Å². The maximum atomic E-state index is 5.98. The van der Waals surface area contributed by atoms with Crippen LogP contribution in [-0.4, -0.2) is 32.4 Å². The Labute approximate surface area is 101 Å². The molecule has 0 amide bonds. The van der Waals surface area contributed by atoms with E-state index in [0.717, 1.165) is 31.9 Å². The van der Waals surface area contributed by atoms with E-state index in [2.05, 4.69) is 5.32 Å². The number of ether oxygens (including phenoxy) is 2. The molecule has 0 aromatic heterocycles. The molecule has 0 bridgehead atoms. The first kappa shape index (κ1) is 11.7. The first-order valence-electron chi connectivity index (χ1n) is 5.55. The number of halogens is 1. The number of nitrogens with one attached hydrogen (secondary N) is 1. The maximum Gasteiger partial charge on any atom is 0.137 e. The van der Waals surface area contributed by atoms with Crippen molar-refractivity contribution in [1.29, 1.82) is 0 Å². The van der Waals surface area contributed by atoms with E-state index in [1.165, 1.54) is 0 Å². The van der Waals surface area contributed by atoms with Gasteiger partial charge in [-0.15, -0.1) is 0 Å². The molecule has 0 aliphatic carbocycles. The van der Waals surface area contributed by atoms with Crippen LogP contribution in [0.1, 0.15) is 6.42 Å². The Bertz CT molecular complexity index is 327. The number of benzene rings is 1. The summed E-state index contributed by atoms with van der Waals surface area (Å²) in [4.78, 5) is 0. The molecule has 0 saturated carbocycles. The van der Waals surface area contributed by atoms with Crippen molar-refractivity contribution in [3.8, 4) is 5.75 Å². The summed E-state index contributed by atoms with van der Waals surface area (Å²) in [6.07, 6.45) is 0.936. The summed E-state index contributed by atoms with van der Waals surface area (Å²) >= 11 is 5.98. The van der Waals surface area contributed by atoms with Gasteiger partial charge in [-0.1, -0.05) is 23.7 Å². The fourth-order valence-corrected chi connectivity index (χ4v) is 1.87. The highest BCUT2D eigenvalue weighted by molar-refractivity contribution is 6.32. The van der Waals surface area contributed by atoms with Gasteiger partial charge in [0.1, 0.15) is 5.75 Å². The fraction of sp³-hybridized carbons (Fsp3) is 0.500. The van der Waals surface area contributed by atoms with Crippen molar-refractivity contribution in [2.45, 2.75) is 12.5 Å². The highest BCUT2D eigenvalue weighted by Gasteiger charge is 2.12. The van der Waals surface area contributed by atoms with Crippen molar-refractivity contribution >= 4 is 11.6 Å². The largest absolute Gasteiger partial charge is 0.492 e. The number of rotatable bonds is 4. The molecule has 1 N–H and O–H groups in total. The summed E-state index contributed by atoms with van der Waals surface area (Å²) in [5.41, 5.74) is 0. The average molecular weight is 242 g/mol. The third-order valence-electron chi connectivity index (χ3n) is 2.56. The molecule has 1 aromatic rings. The molecule has 1 fully saturated rings. The van der Waals surface area contributed by atoms with Crippen LogP contribution >= 0.6 is 11.6 Å². The van der Waals surface area contributed by atoms with Crippen LogP contribution in [0.4, 0.5) is 0 Å². The summed E-state index contributed by atoms with van der Waals surface area (Å²) in [6, 6.07) is 7.93. The Kier molecular flexibility index (Phi) is 4.45. The summed E-state index contributed by atoms with van der Waals surface area (Å²) in [5, 5.41) is 4.04. The molecule has 1 unspecified atom stereocenters. The molecule has 1 saturated heterocycles. The van der Waals surface area contributed by atoms with Crippen molar-refractivity contribution in [2.24, 2.45) is 0 Å². The van der Waals surface area contributed by atoms with Gasteiger partial charge in [-0.2, -0.15) is 0 Å². The summed E-state index contributed by atoms with van der Waals surface area (Å²) < 4.78 is 11.0. The summed E-state index contributed by atoms with van der Waals surface area (Å²) in [5.74, 6) is 0.751. The van der Waals surface area contributed by atoms with Gasteiger partial charge in [-0.3, -0.25) is 0 Å². The molecule has 1 aliphatic heterocycles. The molecule has 3 nitrogen and oxygen atoms in total. The zero-order valence-corrected chi connectivity index (χ0v) is 9.87. The minimum absolute atomic E-state index is 0.399. The highest BCUT2D eigenvalue weighted by atomic mass is 35.5. The second kappa shape index (κ2) is 6.09. The van der Waals surface area contributed by atoms with Crippen LogP contribution in [0.15, 0.2) is 24.3 Å². The lowest BCUT2D eigenvalue weighted by molar-refractivity contribution is 0.0691. The smallest absolute Gasteiger partial charge is 0.137 e. The molecule has 2 rings (SSSR count). The van der Waals surface area contributed by atoms with Crippen molar-refractivity contribution in [3.63, 3.8) is 0 Å². The topological polar surface area (TPSA) is 30.5 Å². The van der Waals surface area contributed by atoms with Crippen LogP contribution in [0.25, 0.3) is 0 Å². The fourth-order valence-electron chi connectivity index (χ4n) is 1.68. The molecule has 1 aromatic carbocycles. The number of hydrogen-bond donors (Lipinski definition) is 1. The van der Waals surface area contributed by atoms with E-state index >= 15 is 0 Å². The standard InChI is InChI=1S/C12H16ClNO2/c13-11-3-1-2-4-12(11)16-7-5-10-9-15-8-6-14-10/h1-4,10,14H,5-9H2. The van der Waals surface area contributed by atoms with Crippen molar-refractivity contribution in [1.82, 2.24) is 5.32 Å². The monoisotopic (exact) mass is 241 g/mol. The van der Waals surface area contributed by atoms with Gasteiger partial charge in [-0.05, 0) is 18.6 Å². The first-order chi connectivity index (χ1) is 7.86. The van der Waals surface area contributed by atoms with Gasteiger partial charge in [0.2, 0.25) is 0 Å². The highest BCUT2D eigenvalue weighted by Crippen LogP contribution is 2.23. The second-order valence-corrected chi connectivity index (χ2v) is 4.20. The van der Waals surface area contributed by atoms with E-state index in [1.807, 2.05) is 24.3 Å². The zero-order chi connectivity index (χ0) is 11.2. The molecule has 4 heteroatoms. The third-order valence-corrected chi connectivity index (χ3v) is 2.87. The van der Waals surface area contributed by atoms with Gasteiger partial charge in [0, 0.05) is 12.6 Å². The molecule has 0 spiro atoms. The van der Waals surface area contributed by atoms with Gasteiger partial charge in [0.15, 0.2) is 0 Å². The average Bonchev–Trinajstić information content (AvgIpc) is 2.33. The van der Waals surface area contributed by atoms with E-state index in [4.69, 9.17) is 21.1 Å². The maximum absolute atomic E-state index is 5.98. The quantitative estimate of drug-likeness (QED) is 0.876. The molecule has 1 atom stereocenters. The Balaban J connectivity index is 1.73. The van der Waals surface area contributed by atoms with Gasteiger partial charge < -0.3 is 14.8 Å². The molecular weight excluding hydrogens is 226 g/mol. The lowest BCUT2D eigenvalue weighted by Gasteiger charge is -2.23. The van der Waals surface area contributed by atoms with E-state index in [-0.39, 0.29) is 0 Å². The predicted octanol–water partition coefficient (Wildman–Crippen LogP) is 2.10. The van der Waals surface area contributed by atoms with Crippen molar-refractivity contribution in [2.75, 3.05) is 26.4 Å². The van der Waals surface area contributed by atoms with Gasteiger partial charge in [0.25, 0.3) is 0 Å². The van der Waals surface area contributed by atoms with Crippen molar-refractivity contribution in [3.05, 3.63) is 29.3 Å². The Morgan fingerprint density at radius 2 is 2.31 bits per heavy atom. The van der Waals surface area contributed by atoms with Gasteiger partial charge in [-0.25, -0.2) is 0 Å². The Morgan fingerprint density at radius 1 is 1.44 bits per heavy atom. The van der Waals surface area contributed by atoms with Crippen LogP contribution in [0.2, 0.25) is 5.02 Å². The van der Waals surface area contributed by atoms with Crippen molar-refractivity contribution < 1.29 is 9.47 Å². The number of hydrogen-bond acceptors (Lipinski definition) is 3. The van der Waals surface area contributed by atoms with Crippen LogP contribution in [-0.2, 0) is 4.74 Å². The SMILES string of the molecule is Clc1ccccc1OCCC1COCCN1. The number of para-hydroxylation sites is 1. The molecule has 0 radical (unpaired) electrons.